The van der Waals surface area contributed by atoms with Gasteiger partial charge < -0.3 is 18.6 Å². The van der Waals surface area contributed by atoms with Gasteiger partial charge in [-0.3, -0.25) is 0 Å². The molecule has 0 aromatic rings. The molecule has 0 radical (unpaired) electrons. The van der Waals surface area contributed by atoms with E-state index in [1.807, 2.05) is 0 Å². The fraction of sp³-hybridized carbons (Fsp3) is 0.889. The molecule has 23 heavy (non-hydrogen) atoms. The van der Waals surface area contributed by atoms with Crippen LogP contribution in [0.3, 0.4) is 0 Å². The molecule has 3 saturated heterocycles. The van der Waals surface area contributed by atoms with Crippen molar-refractivity contribution in [1.29, 1.82) is 0 Å². The van der Waals surface area contributed by atoms with Crippen LogP contribution >= 0.6 is 0 Å². The molecule has 0 spiro atoms. The standard InChI is InChI=1S/C18H30O4Si/c1-18(2,3)23(4,5)21-10-13-16-14-11(8-19-16)6-7-12-9-20-17(22-13)15(12)14/h6-7,11-17H,8-10H2,1-5H3/t11-,12+,13-,14+,15-,16-,17+/m1/s1. The molecule has 0 aromatic heterocycles. The normalized spacial score (nSPS) is 45.3. The molecule has 0 unspecified atom stereocenters. The van der Waals surface area contributed by atoms with Crippen LogP contribution in [-0.2, 0) is 18.6 Å². The molecule has 0 amide bonds. The molecule has 0 aromatic carbocycles. The summed E-state index contributed by atoms with van der Waals surface area (Å²) in [6.45, 7) is 13.6. The fourth-order valence-corrected chi connectivity index (χ4v) is 5.33. The van der Waals surface area contributed by atoms with Crippen molar-refractivity contribution in [2.24, 2.45) is 23.7 Å². The van der Waals surface area contributed by atoms with Crippen LogP contribution < -0.4 is 0 Å². The Morgan fingerprint density at radius 3 is 2.39 bits per heavy atom. The van der Waals surface area contributed by atoms with E-state index in [-0.39, 0.29) is 23.5 Å². The lowest BCUT2D eigenvalue weighted by molar-refractivity contribution is -0.239. The lowest BCUT2D eigenvalue weighted by Gasteiger charge is -2.45. The Labute approximate surface area is 140 Å². The topological polar surface area (TPSA) is 36.9 Å². The van der Waals surface area contributed by atoms with E-state index in [0.29, 0.717) is 30.3 Å². The van der Waals surface area contributed by atoms with Gasteiger partial charge in [-0.25, -0.2) is 0 Å². The zero-order valence-electron chi connectivity index (χ0n) is 15.0. The van der Waals surface area contributed by atoms with E-state index >= 15 is 0 Å². The summed E-state index contributed by atoms with van der Waals surface area (Å²) in [6.07, 6.45) is 4.79. The molecular weight excluding hydrogens is 308 g/mol. The first-order chi connectivity index (χ1) is 10.8. The Morgan fingerprint density at radius 2 is 1.70 bits per heavy atom. The van der Waals surface area contributed by atoms with Crippen LogP contribution in [0.2, 0.25) is 18.1 Å². The van der Waals surface area contributed by atoms with Crippen molar-refractivity contribution in [2.45, 2.75) is 57.4 Å². The van der Waals surface area contributed by atoms with Gasteiger partial charge in [-0.15, -0.1) is 0 Å². The smallest absolute Gasteiger partial charge is 0.192 e. The summed E-state index contributed by atoms with van der Waals surface area (Å²) in [7, 11) is -1.77. The molecule has 4 aliphatic rings. The molecule has 4 nitrogen and oxygen atoms in total. The second-order valence-electron chi connectivity index (χ2n) is 9.11. The molecule has 7 atom stereocenters. The van der Waals surface area contributed by atoms with Crippen molar-refractivity contribution in [2.75, 3.05) is 19.8 Å². The first-order valence-corrected chi connectivity index (χ1v) is 11.9. The van der Waals surface area contributed by atoms with Gasteiger partial charge in [-0.05, 0) is 18.1 Å². The highest BCUT2D eigenvalue weighted by molar-refractivity contribution is 6.74. The van der Waals surface area contributed by atoms with Crippen LogP contribution in [-0.4, -0.2) is 46.6 Å². The number of hydrogen-bond acceptors (Lipinski definition) is 4. The minimum atomic E-state index is -1.77. The summed E-state index contributed by atoms with van der Waals surface area (Å²) in [6, 6.07) is 0. The van der Waals surface area contributed by atoms with Crippen LogP contribution in [0.4, 0.5) is 0 Å². The molecule has 0 N–H and O–H groups in total. The van der Waals surface area contributed by atoms with Gasteiger partial charge >= 0.3 is 0 Å². The van der Waals surface area contributed by atoms with Crippen LogP contribution in [0.1, 0.15) is 20.8 Å². The average molecular weight is 339 g/mol. The van der Waals surface area contributed by atoms with Crippen molar-refractivity contribution in [1.82, 2.24) is 0 Å². The van der Waals surface area contributed by atoms with Gasteiger partial charge in [0, 0.05) is 23.7 Å². The maximum atomic E-state index is 6.43. The van der Waals surface area contributed by atoms with Gasteiger partial charge in [-0.2, -0.15) is 0 Å². The Hall–Kier alpha value is -0.203. The van der Waals surface area contributed by atoms with Crippen LogP contribution in [0.15, 0.2) is 12.2 Å². The summed E-state index contributed by atoms with van der Waals surface area (Å²) in [4.78, 5) is 0. The summed E-state index contributed by atoms with van der Waals surface area (Å²) < 4.78 is 24.8. The highest BCUT2D eigenvalue weighted by Crippen LogP contribution is 2.52. The molecule has 3 fully saturated rings. The Morgan fingerprint density at radius 1 is 1.04 bits per heavy atom. The van der Waals surface area contributed by atoms with E-state index in [0.717, 1.165) is 13.2 Å². The summed E-state index contributed by atoms with van der Waals surface area (Å²) >= 11 is 0. The zero-order valence-corrected chi connectivity index (χ0v) is 16.0. The van der Waals surface area contributed by atoms with Crippen molar-refractivity contribution in [3.05, 3.63) is 12.2 Å². The molecule has 0 saturated carbocycles. The number of hydrogen-bond donors (Lipinski definition) is 0. The lowest BCUT2D eigenvalue weighted by atomic mass is 9.68. The van der Waals surface area contributed by atoms with Gasteiger partial charge in [0.1, 0.15) is 6.10 Å². The first-order valence-electron chi connectivity index (χ1n) is 8.99. The second-order valence-corrected chi connectivity index (χ2v) is 13.9. The van der Waals surface area contributed by atoms with Crippen molar-refractivity contribution in [3.63, 3.8) is 0 Å². The van der Waals surface area contributed by atoms with Gasteiger partial charge in [-0.1, -0.05) is 32.9 Å². The van der Waals surface area contributed by atoms with E-state index in [1.54, 1.807) is 0 Å². The molecule has 3 aliphatic heterocycles. The van der Waals surface area contributed by atoms with Crippen molar-refractivity contribution in [3.8, 4) is 0 Å². The lowest BCUT2D eigenvalue weighted by Crippen LogP contribution is -2.54. The fourth-order valence-electron chi connectivity index (χ4n) is 4.32. The minimum Gasteiger partial charge on any atom is -0.414 e. The Kier molecular flexibility index (Phi) is 3.82. The monoisotopic (exact) mass is 338 g/mol. The number of ether oxygens (including phenoxy) is 3. The molecule has 5 heteroatoms. The van der Waals surface area contributed by atoms with E-state index in [9.17, 15) is 0 Å². The largest absolute Gasteiger partial charge is 0.414 e. The average Bonchev–Trinajstić information content (AvgIpc) is 3.05. The minimum absolute atomic E-state index is 0.00521. The Balaban J connectivity index is 1.50. The first kappa shape index (κ1) is 16.3. The molecule has 3 heterocycles. The summed E-state index contributed by atoms with van der Waals surface area (Å²) in [5, 5.41) is 0.214. The molecule has 4 rings (SSSR count). The van der Waals surface area contributed by atoms with E-state index < -0.39 is 8.32 Å². The third-order valence-electron chi connectivity index (χ3n) is 6.76. The Bertz CT molecular complexity index is 498. The molecule has 130 valence electrons. The number of rotatable bonds is 3. The predicted molar refractivity (Wildman–Crippen MR) is 90.6 cm³/mol. The van der Waals surface area contributed by atoms with Crippen molar-refractivity contribution >= 4 is 8.32 Å². The predicted octanol–water partition coefficient (Wildman–Crippen LogP) is 3.20. The van der Waals surface area contributed by atoms with Gasteiger partial charge in [0.05, 0.1) is 25.9 Å². The van der Waals surface area contributed by atoms with Crippen LogP contribution in [0.25, 0.3) is 0 Å². The van der Waals surface area contributed by atoms with Crippen LogP contribution in [0.5, 0.6) is 0 Å². The molecule has 0 bridgehead atoms. The zero-order chi connectivity index (χ0) is 16.4. The van der Waals surface area contributed by atoms with Crippen molar-refractivity contribution < 1.29 is 18.6 Å². The van der Waals surface area contributed by atoms with Crippen LogP contribution in [0, 0.1) is 23.7 Å². The van der Waals surface area contributed by atoms with E-state index in [4.69, 9.17) is 18.6 Å². The maximum Gasteiger partial charge on any atom is 0.192 e. The van der Waals surface area contributed by atoms with E-state index in [2.05, 4.69) is 46.0 Å². The third kappa shape index (κ3) is 2.56. The second kappa shape index (κ2) is 5.40. The SMILES string of the molecule is CC(C)(C)[Si](C)(C)OC[C@H]1O[C@@H]2OC[C@@H]3C=C[C@@H]4CO[C@H]1[C@@H]4[C@H]23. The summed E-state index contributed by atoms with van der Waals surface area (Å²) in [5.41, 5.74) is 0. The third-order valence-corrected chi connectivity index (χ3v) is 11.3. The molecular formula is C18H30O4Si. The highest BCUT2D eigenvalue weighted by atomic mass is 28.4. The summed E-state index contributed by atoms with van der Waals surface area (Å²) in [5.74, 6) is 2.05. The van der Waals surface area contributed by atoms with Gasteiger partial charge in [0.2, 0.25) is 0 Å². The van der Waals surface area contributed by atoms with E-state index in [1.165, 1.54) is 0 Å². The molecule has 1 aliphatic carbocycles. The quantitative estimate of drug-likeness (QED) is 0.585. The highest BCUT2D eigenvalue weighted by Gasteiger charge is 2.58. The maximum absolute atomic E-state index is 6.43. The van der Waals surface area contributed by atoms with Gasteiger partial charge in [0.25, 0.3) is 0 Å². The van der Waals surface area contributed by atoms with Gasteiger partial charge in [0.15, 0.2) is 14.6 Å².